The average Bonchev–Trinajstić information content (AvgIpc) is 2.78. The summed E-state index contributed by atoms with van der Waals surface area (Å²) in [6.45, 7) is 2.56. The van der Waals surface area contributed by atoms with Gasteiger partial charge in [-0.05, 0) is 25.0 Å². The molecule has 178 valence electrons. The number of morpholine rings is 1. The predicted molar refractivity (Wildman–Crippen MR) is 105 cm³/mol. The lowest BCUT2D eigenvalue weighted by atomic mass is 9.89. The molecule has 1 amide bonds. The number of halogens is 4. The molecule has 4 heterocycles. The van der Waals surface area contributed by atoms with Crippen molar-refractivity contribution in [1.29, 1.82) is 0 Å². The zero-order valence-corrected chi connectivity index (χ0v) is 17.3. The van der Waals surface area contributed by atoms with Crippen molar-refractivity contribution in [2.45, 2.75) is 31.2 Å². The van der Waals surface area contributed by atoms with Crippen molar-refractivity contribution in [3.63, 3.8) is 0 Å². The molecule has 33 heavy (non-hydrogen) atoms. The number of alkyl halides is 3. The van der Waals surface area contributed by atoms with Gasteiger partial charge < -0.3 is 19.6 Å². The highest BCUT2D eigenvalue weighted by Crippen LogP contribution is 2.32. The van der Waals surface area contributed by atoms with Gasteiger partial charge in [0.15, 0.2) is 5.82 Å². The first kappa shape index (κ1) is 24.3. The Balaban J connectivity index is 0.000000383. The van der Waals surface area contributed by atoms with E-state index in [1.54, 1.807) is 6.20 Å². The summed E-state index contributed by atoms with van der Waals surface area (Å²) >= 11 is 0. The molecule has 13 heteroatoms. The Kier molecular flexibility index (Phi) is 7.41. The molecule has 2 aromatic rings. The molecule has 2 saturated heterocycles. The van der Waals surface area contributed by atoms with Gasteiger partial charge in [-0.25, -0.2) is 19.2 Å². The number of anilines is 1. The highest BCUT2D eigenvalue weighted by molar-refractivity contribution is 5.78. The maximum absolute atomic E-state index is 13.0. The number of nitrogens with zero attached hydrogens (tertiary/aromatic N) is 5. The van der Waals surface area contributed by atoms with Crippen LogP contribution in [0.3, 0.4) is 0 Å². The first-order chi connectivity index (χ1) is 15.6. The quantitative estimate of drug-likeness (QED) is 0.678. The Bertz CT molecular complexity index is 951. The van der Waals surface area contributed by atoms with Crippen LogP contribution in [-0.4, -0.2) is 74.9 Å². The van der Waals surface area contributed by atoms with Crippen molar-refractivity contribution in [3.8, 4) is 0 Å². The third-order valence-electron chi connectivity index (χ3n) is 5.22. The van der Waals surface area contributed by atoms with E-state index in [0.29, 0.717) is 32.1 Å². The van der Waals surface area contributed by atoms with Crippen LogP contribution in [0.5, 0.6) is 0 Å². The van der Waals surface area contributed by atoms with Gasteiger partial charge in [-0.15, -0.1) is 0 Å². The third kappa shape index (κ3) is 6.57. The summed E-state index contributed by atoms with van der Waals surface area (Å²) in [5.41, 5.74) is 0.522. The number of amides is 1. The second-order valence-corrected chi connectivity index (χ2v) is 7.53. The Morgan fingerprint density at radius 1 is 1.15 bits per heavy atom. The Labute approximate surface area is 186 Å². The number of rotatable bonds is 3. The fourth-order valence-electron chi connectivity index (χ4n) is 3.50. The number of carbonyl (C=O) groups excluding carboxylic acids is 1. The van der Waals surface area contributed by atoms with Crippen LogP contribution < -0.4 is 4.90 Å². The van der Waals surface area contributed by atoms with E-state index in [-0.39, 0.29) is 18.1 Å². The minimum absolute atomic E-state index is 0.00873. The monoisotopic (exact) mass is 471 g/mol. The van der Waals surface area contributed by atoms with Crippen molar-refractivity contribution in [2.24, 2.45) is 0 Å². The SMILES string of the molecule is O=C(O)C(F)(F)F.O=C1COC2(CCN(c3ncc(F)cn3)CC2)CN1Cc1ccccn1. The van der Waals surface area contributed by atoms with Crippen LogP contribution in [-0.2, 0) is 20.9 Å². The number of hydrogen-bond acceptors (Lipinski definition) is 7. The summed E-state index contributed by atoms with van der Waals surface area (Å²) in [6, 6.07) is 5.70. The van der Waals surface area contributed by atoms with Gasteiger partial charge >= 0.3 is 12.1 Å². The molecule has 0 aliphatic carbocycles. The topological polar surface area (TPSA) is 109 Å². The number of carboxylic acid groups (broad SMARTS) is 1. The molecule has 0 radical (unpaired) electrons. The van der Waals surface area contributed by atoms with Gasteiger partial charge in [-0.2, -0.15) is 13.2 Å². The molecule has 4 rings (SSSR count). The number of pyridine rings is 1. The van der Waals surface area contributed by atoms with Crippen LogP contribution in [0.15, 0.2) is 36.8 Å². The van der Waals surface area contributed by atoms with E-state index in [1.165, 1.54) is 12.4 Å². The van der Waals surface area contributed by atoms with Gasteiger partial charge in [-0.3, -0.25) is 9.78 Å². The molecular formula is C20H21F4N5O4. The lowest BCUT2D eigenvalue weighted by Gasteiger charge is -2.46. The molecule has 2 aliphatic rings. The van der Waals surface area contributed by atoms with Crippen molar-refractivity contribution >= 4 is 17.8 Å². The van der Waals surface area contributed by atoms with Crippen LogP contribution in [0.2, 0.25) is 0 Å². The van der Waals surface area contributed by atoms with E-state index in [9.17, 15) is 22.4 Å². The highest BCUT2D eigenvalue weighted by Gasteiger charge is 2.42. The molecule has 0 saturated carbocycles. The standard InChI is InChI=1S/C18H20FN5O2.C2HF3O2/c19-14-9-21-17(22-10-14)23-7-4-18(5-8-23)13-24(16(25)12-26-18)11-15-3-1-2-6-20-15;3-2(4,5)1(6)7/h1-3,6,9-10H,4-5,7-8,11-13H2;(H,6,7). The molecular weight excluding hydrogens is 450 g/mol. The van der Waals surface area contributed by atoms with Crippen LogP contribution >= 0.6 is 0 Å². The van der Waals surface area contributed by atoms with E-state index in [0.717, 1.165) is 18.5 Å². The molecule has 2 fully saturated rings. The normalized spacial score (nSPS) is 18.0. The second-order valence-electron chi connectivity index (χ2n) is 7.53. The summed E-state index contributed by atoms with van der Waals surface area (Å²) in [5, 5.41) is 7.12. The number of carbonyl (C=O) groups is 2. The molecule has 0 aromatic carbocycles. The van der Waals surface area contributed by atoms with Crippen LogP contribution in [0.1, 0.15) is 18.5 Å². The third-order valence-corrected chi connectivity index (χ3v) is 5.22. The van der Waals surface area contributed by atoms with Crippen molar-refractivity contribution in [3.05, 3.63) is 48.3 Å². The summed E-state index contributed by atoms with van der Waals surface area (Å²) in [7, 11) is 0. The Morgan fingerprint density at radius 3 is 2.33 bits per heavy atom. The summed E-state index contributed by atoms with van der Waals surface area (Å²) in [6.07, 6.45) is 0.533. The molecule has 0 unspecified atom stereocenters. The van der Waals surface area contributed by atoms with E-state index in [2.05, 4.69) is 15.0 Å². The molecule has 1 spiro atoms. The minimum atomic E-state index is -5.08. The fraction of sp³-hybridized carbons (Fsp3) is 0.450. The van der Waals surface area contributed by atoms with Crippen LogP contribution in [0.25, 0.3) is 0 Å². The molecule has 0 atom stereocenters. The zero-order valence-electron chi connectivity index (χ0n) is 17.3. The Hall–Kier alpha value is -3.35. The van der Waals surface area contributed by atoms with E-state index in [1.807, 2.05) is 28.0 Å². The summed E-state index contributed by atoms with van der Waals surface area (Å²) in [4.78, 5) is 37.4. The van der Waals surface area contributed by atoms with E-state index >= 15 is 0 Å². The number of carboxylic acids is 1. The number of piperidine rings is 1. The number of ether oxygens (including phenoxy) is 1. The number of aromatic nitrogens is 3. The lowest BCUT2D eigenvalue weighted by Crippen LogP contribution is -2.58. The first-order valence-electron chi connectivity index (χ1n) is 9.92. The minimum Gasteiger partial charge on any atom is -0.475 e. The fourth-order valence-corrected chi connectivity index (χ4v) is 3.50. The molecule has 0 bridgehead atoms. The van der Waals surface area contributed by atoms with Gasteiger partial charge in [-0.1, -0.05) is 6.07 Å². The Morgan fingerprint density at radius 2 is 1.79 bits per heavy atom. The second kappa shape index (κ2) is 10.1. The van der Waals surface area contributed by atoms with Crippen molar-refractivity contribution < 1.29 is 37.0 Å². The van der Waals surface area contributed by atoms with Crippen molar-refractivity contribution in [2.75, 3.05) is 31.1 Å². The molecule has 2 aliphatic heterocycles. The molecule has 1 N–H and O–H groups in total. The van der Waals surface area contributed by atoms with Crippen LogP contribution in [0, 0.1) is 5.82 Å². The maximum atomic E-state index is 13.0. The van der Waals surface area contributed by atoms with Crippen LogP contribution in [0.4, 0.5) is 23.5 Å². The largest absolute Gasteiger partial charge is 0.490 e. The summed E-state index contributed by atoms with van der Waals surface area (Å²) < 4.78 is 50.7. The first-order valence-corrected chi connectivity index (χ1v) is 9.92. The number of aliphatic carboxylic acids is 1. The van der Waals surface area contributed by atoms with Gasteiger partial charge in [0.2, 0.25) is 11.9 Å². The maximum Gasteiger partial charge on any atom is 0.490 e. The molecule has 2 aromatic heterocycles. The lowest BCUT2D eigenvalue weighted by molar-refractivity contribution is -0.192. The average molecular weight is 471 g/mol. The number of hydrogen-bond donors (Lipinski definition) is 1. The van der Waals surface area contributed by atoms with E-state index in [4.69, 9.17) is 14.6 Å². The highest BCUT2D eigenvalue weighted by atomic mass is 19.4. The van der Waals surface area contributed by atoms with Gasteiger partial charge in [0.05, 0.1) is 36.8 Å². The van der Waals surface area contributed by atoms with Gasteiger partial charge in [0.25, 0.3) is 0 Å². The zero-order chi connectivity index (χ0) is 24.1. The molecule has 9 nitrogen and oxygen atoms in total. The van der Waals surface area contributed by atoms with Gasteiger partial charge in [0, 0.05) is 19.3 Å². The van der Waals surface area contributed by atoms with E-state index < -0.39 is 18.0 Å². The summed E-state index contributed by atoms with van der Waals surface area (Å²) in [5.74, 6) is -2.68. The smallest absolute Gasteiger partial charge is 0.475 e. The van der Waals surface area contributed by atoms with Crippen molar-refractivity contribution in [1.82, 2.24) is 19.9 Å². The van der Waals surface area contributed by atoms with Gasteiger partial charge in [0.1, 0.15) is 6.61 Å². The predicted octanol–water partition coefficient (Wildman–Crippen LogP) is 2.04.